The largest absolute Gasteiger partial charge is 0.492 e. The van der Waals surface area contributed by atoms with Gasteiger partial charge in [-0.3, -0.25) is 4.98 Å². The van der Waals surface area contributed by atoms with Gasteiger partial charge >= 0.3 is 6.18 Å². The summed E-state index contributed by atoms with van der Waals surface area (Å²) in [5, 5.41) is 0. The third kappa shape index (κ3) is 2.49. The number of alkyl halides is 3. The first kappa shape index (κ1) is 11.5. The fraction of sp³-hybridized carbons (Fsp3) is 0.375. The summed E-state index contributed by atoms with van der Waals surface area (Å²) in [6.07, 6.45) is -2.31. The molecule has 0 aliphatic carbocycles. The van der Waals surface area contributed by atoms with Crippen LogP contribution in [0.2, 0.25) is 0 Å². The van der Waals surface area contributed by atoms with Gasteiger partial charge in [0.15, 0.2) is 0 Å². The summed E-state index contributed by atoms with van der Waals surface area (Å²) in [5.41, 5.74) is -0.828. The van der Waals surface area contributed by atoms with Gasteiger partial charge in [-0.1, -0.05) is 0 Å². The SMILES string of the molecule is CCOc1c(I)cncc1C(F)(F)F. The van der Waals surface area contributed by atoms with Crippen LogP contribution in [-0.4, -0.2) is 11.6 Å². The van der Waals surface area contributed by atoms with Gasteiger partial charge in [0.1, 0.15) is 11.3 Å². The molecular formula is C8H7F3INO. The van der Waals surface area contributed by atoms with E-state index in [1.165, 1.54) is 6.20 Å². The maximum Gasteiger partial charge on any atom is 0.421 e. The van der Waals surface area contributed by atoms with E-state index in [1.54, 1.807) is 29.5 Å². The average Bonchev–Trinajstić information content (AvgIpc) is 2.07. The predicted octanol–water partition coefficient (Wildman–Crippen LogP) is 3.10. The molecule has 0 aliphatic rings. The lowest BCUT2D eigenvalue weighted by molar-refractivity contribution is -0.139. The van der Waals surface area contributed by atoms with E-state index >= 15 is 0 Å². The molecule has 78 valence electrons. The van der Waals surface area contributed by atoms with E-state index in [2.05, 4.69) is 4.98 Å². The van der Waals surface area contributed by atoms with Gasteiger partial charge in [0.25, 0.3) is 0 Å². The predicted molar refractivity (Wildman–Crippen MR) is 53.1 cm³/mol. The Kier molecular flexibility index (Phi) is 3.57. The number of rotatable bonds is 2. The molecule has 0 bridgehead atoms. The molecule has 0 radical (unpaired) electrons. The van der Waals surface area contributed by atoms with E-state index in [0.717, 1.165) is 6.20 Å². The van der Waals surface area contributed by atoms with Crippen molar-refractivity contribution < 1.29 is 17.9 Å². The van der Waals surface area contributed by atoms with Crippen LogP contribution in [0.1, 0.15) is 12.5 Å². The van der Waals surface area contributed by atoms with Gasteiger partial charge in [0.2, 0.25) is 0 Å². The van der Waals surface area contributed by atoms with Crippen molar-refractivity contribution in [3.63, 3.8) is 0 Å². The topological polar surface area (TPSA) is 22.1 Å². The molecule has 0 aliphatic heterocycles. The van der Waals surface area contributed by atoms with Crippen molar-refractivity contribution in [1.29, 1.82) is 0 Å². The summed E-state index contributed by atoms with van der Waals surface area (Å²) in [6, 6.07) is 0. The van der Waals surface area contributed by atoms with Gasteiger partial charge in [0.05, 0.1) is 10.2 Å². The van der Waals surface area contributed by atoms with Crippen molar-refractivity contribution in [2.75, 3.05) is 6.61 Å². The number of hydrogen-bond acceptors (Lipinski definition) is 2. The van der Waals surface area contributed by atoms with Crippen LogP contribution in [0.15, 0.2) is 12.4 Å². The monoisotopic (exact) mass is 317 g/mol. The summed E-state index contributed by atoms with van der Waals surface area (Å²) >= 11 is 1.76. The third-order valence-electron chi connectivity index (χ3n) is 1.45. The summed E-state index contributed by atoms with van der Waals surface area (Å²) in [4.78, 5) is 3.49. The Labute approximate surface area is 92.6 Å². The molecule has 0 amide bonds. The normalized spacial score (nSPS) is 11.5. The fourth-order valence-corrected chi connectivity index (χ4v) is 1.52. The Hall–Kier alpha value is -0.530. The number of ether oxygens (including phenoxy) is 1. The Morgan fingerprint density at radius 3 is 2.57 bits per heavy atom. The zero-order valence-electron chi connectivity index (χ0n) is 7.23. The average molecular weight is 317 g/mol. The van der Waals surface area contributed by atoms with Crippen LogP contribution in [0.3, 0.4) is 0 Å². The molecule has 0 unspecified atom stereocenters. The zero-order chi connectivity index (χ0) is 10.8. The second kappa shape index (κ2) is 4.33. The highest BCUT2D eigenvalue weighted by Crippen LogP contribution is 2.37. The molecule has 14 heavy (non-hydrogen) atoms. The number of pyridine rings is 1. The zero-order valence-corrected chi connectivity index (χ0v) is 9.39. The van der Waals surface area contributed by atoms with E-state index < -0.39 is 11.7 Å². The van der Waals surface area contributed by atoms with Crippen molar-refractivity contribution in [1.82, 2.24) is 4.98 Å². The van der Waals surface area contributed by atoms with Crippen molar-refractivity contribution >= 4 is 22.6 Å². The highest BCUT2D eigenvalue weighted by Gasteiger charge is 2.35. The minimum Gasteiger partial charge on any atom is -0.492 e. The first-order chi connectivity index (χ1) is 6.46. The third-order valence-corrected chi connectivity index (χ3v) is 2.22. The molecule has 1 rings (SSSR count). The van der Waals surface area contributed by atoms with E-state index in [1.807, 2.05) is 0 Å². The Bertz CT molecular complexity index is 327. The van der Waals surface area contributed by atoms with Crippen molar-refractivity contribution in [3.05, 3.63) is 21.5 Å². The number of hydrogen-bond donors (Lipinski definition) is 0. The number of aromatic nitrogens is 1. The van der Waals surface area contributed by atoms with Crippen LogP contribution in [-0.2, 0) is 6.18 Å². The van der Waals surface area contributed by atoms with Crippen molar-refractivity contribution in [3.8, 4) is 5.75 Å². The van der Waals surface area contributed by atoms with Crippen LogP contribution in [0.4, 0.5) is 13.2 Å². The van der Waals surface area contributed by atoms with Crippen LogP contribution < -0.4 is 4.74 Å². The lowest BCUT2D eigenvalue weighted by Crippen LogP contribution is -2.10. The van der Waals surface area contributed by atoms with Gasteiger partial charge in [0, 0.05) is 12.4 Å². The Morgan fingerprint density at radius 2 is 2.07 bits per heavy atom. The lowest BCUT2D eigenvalue weighted by Gasteiger charge is -2.13. The number of nitrogens with zero attached hydrogens (tertiary/aromatic N) is 1. The molecule has 0 aromatic carbocycles. The first-order valence-electron chi connectivity index (χ1n) is 3.80. The molecule has 1 aromatic heterocycles. The van der Waals surface area contributed by atoms with Crippen molar-refractivity contribution in [2.24, 2.45) is 0 Å². The van der Waals surface area contributed by atoms with E-state index in [0.29, 0.717) is 3.57 Å². The van der Waals surface area contributed by atoms with E-state index in [4.69, 9.17) is 4.74 Å². The molecule has 2 nitrogen and oxygen atoms in total. The standard InChI is InChI=1S/C8H7F3INO/c1-2-14-7-5(8(9,10)11)3-13-4-6(7)12/h3-4H,2H2,1H3. The minimum absolute atomic E-state index is 0.143. The van der Waals surface area contributed by atoms with Gasteiger partial charge < -0.3 is 4.74 Å². The highest BCUT2D eigenvalue weighted by atomic mass is 127. The maximum absolute atomic E-state index is 12.4. The molecule has 0 saturated carbocycles. The second-order valence-corrected chi connectivity index (χ2v) is 3.59. The Morgan fingerprint density at radius 1 is 1.43 bits per heavy atom. The van der Waals surface area contributed by atoms with Crippen LogP contribution in [0.25, 0.3) is 0 Å². The number of halogens is 4. The smallest absolute Gasteiger partial charge is 0.421 e. The molecule has 6 heteroatoms. The lowest BCUT2D eigenvalue weighted by atomic mass is 10.2. The maximum atomic E-state index is 12.4. The molecule has 0 spiro atoms. The first-order valence-corrected chi connectivity index (χ1v) is 4.88. The fourth-order valence-electron chi connectivity index (χ4n) is 0.916. The van der Waals surface area contributed by atoms with Gasteiger partial charge in [-0.25, -0.2) is 0 Å². The van der Waals surface area contributed by atoms with Crippen LogP contribution in [0.5, 0.6) is 5.75 Å². The highest BCUT2D eigenvalue weighted by molar-refractivity contribution is 14.1. The van der Waals surface area contributed by atoms with E-state index in [-0.39, 0.29) is 12.4 Å². The quantitative estimate of drug-likeness (QED) is 0.782. The van der Waals surface area contributed by atoms with Gasteiger partial charge in [-0.2, -0.15) is 13.2 Å². The van der Waals surface area contributed by atoms with Gasteiger partial charge in [-0.05, 0) is 29.5 Å². The Balaban J connectivity index is 3.21. The van der Waals surface area contributed by atoms with Gasteiger partial charge in [-0.15, -0.1) is 0 Å². The van der Waals surface area contributed by atoms with E-state index in [9.17, 15) is 13.2 Å². The molecule has 0 saturated heterocycles. The summed E-state index contributed by atoms with van der Waals surface area (Å²) in [5.74, 6) is -0.143. The molecule has 0 atom stereocenters. The van der Waals surface area contributed by atoms with Crippen LogP contribution in [0, 0.1) is 3.57 Å². The minimum atomic E-state index is -4.42. The van der Waals surface area contributed by atoms with Crippen LogP contribution >= 0.6 is 22.6 Å². The summed E-state index contributed by atoms with van der Waals surface area (Å²) < 4.78 is 42.6. The summed E-state index contributed by atoms with van der Waals surface area (Å²) in [7, 11) is 0. The summed E-state index contributed by atoms with van der Waals surface area (Å²) in [6.45, 7) is 1.83. The second-order valence-electron chi connectivity index (χ2n) is 2.43. The molecule has 1 aromatic rings. The molecule has 1 heterocycles. The molecular weight excluding hydrogens is 310 g/mol. The van der Waals surface area contributed by atoms with Crippen molar-refractivity contribution in [2.45, 2.75) is 13.1 Å². The molecule has 0 N–H and O–H groups in total. The molecule has 0 fully saturated rings.